The normalized spacial score (nSPS) is 23.6. The molecule has 1 rings (SSSR count). The van der Waals surface area contributed by atoms with Gasteiger partial charge in [-0.2, -0.15) is 0 Å². The summed E-state index contributed by atoms with van der Waals surface area (Å²) >= 11 is 0. The van der Waals surface area contributed by atoms with E-state index < -0.39 is 43.4 Å². The third kappa shape index (κ3) is 19.3. The smallest absolute Gasteiger partial charge is 0.306 e. The molecule has 6 unspecified atom stereocenters. The molecule has 0 aromatic carbocycles. The molecule has 9 heteroatoms. The zero-order valence-corrected chi connectivity index (χ0v) is 26.9. The maximum Gasteiger partial charge on any atom is 0.306 e. The summed E-state index contributed by atoms with van der Waals surface area (Å²) in [5.41, 5.74) is 0. The van der Waals surface area contributed by atoms with Gasteiger partial charge in [0.2, 0.25) is 0 Å². The molecule has 9 nitrogen and oxygen atoms in total. The SMILES string of the molecule is CC/C=C\C/C=C\C/C=C\C/C=C\C/C=C\CCOCC(COC1OC(CO)C(O)C(O)C1O)OC(=O)CCCCCCC. The van der Waals surface area contributed by atoms with E-state index in [0.29, 0.717) is 19.4 Å². The first-order valence-corrected chi connectivity index (χ1v) is 16.4. The van der Waals surface area contributed by atoms with Crippen molar-refractivity contribution in [2.24, 2.45) is 0 Å². The molecule has 4 N–H and O–H groups in total. The van der Waals surface area contributed by atoms with Crippen LogP contribution in [-0.2, 0) is 23.7 Å². The number of hydrogen-bond acceptors (Lipinski definition) is 9. The van der Waals surface area contributed by atoms with Crippen molar-refractivity contribution in [3.8, 4) is 0 Å². The fourth-order valence-electron chi connectivity index (χ4n) is 4.38. The van der Waals surface area contributed by atoms with Crippen LogP contribution < -0.4 is 0 Å². The van der Waals surface area contributed by atoms with Crippen LogP contribution in [0.25, 0.3) is 0 Å². The van der Waals surface area contributed by atoms with E-state index in [1.165, 1.54) is 0 Å². The Labute approximate surface area is 264 Å². The fourth-order valence-corrected chi connectivity index (χ4v) is 4.38. The zero-order chi connectivity index (χ0) is 32.3. The van der Waals surface area contributed by atoms with Crippen molar-refractivity contribution in [3.63, 3.8) is 0 Å². The van der Waals surface area contributed by atoms with Crippen LogP contribution >= 0.6 is 0 Å². The minimum absolute atomic E-state index is 0.0870. The van der Waals surface area contributed by atoms with Gasteiger partial charge in [0.25, 0.3) is 0 Å². The second kappa shape index (κ2) is 27.2. The van der Waals surface area contributed by atoms with Gasteiger partial charge in [0.1, 0.15) is 30.5 Å². The summed E-state index contributed by atoms with van der Waals surface area (Å²) in [5.74, 6) is -0.356. The highest BCUT2D eigenvalue weighted by Crippen LogP contribution is 2.22. The second-order valence-corrected chi connectivity index (χ2v) is 10.9. The number of carbonyl (C=O) groups excluding carboxylic acids is 1. The van der Waals surface area contributed by atoms with Crippen LogP contribution in [0.5, 0.6) is 0 Å². The number of carbonyl (C=O) groups is 1. The first-order chi connectivity index (χ1) is 21.4. The van der Waals surface area contributed by atoms with E-state index in [1.54, 1.807) is 0 Å². The number of ether oxygens (including phenoxy) is 4. The fraction of sp³-hybridized carbons (Fsp3) is 0.686. The van der Waals surface area contributed by atoms with Crippen molar-refractivity contribution in [2.75, 3.05) is 26.4 Å². The quantitative estimate of drug-likeness (QED) is 0.0613. The predicted octanol–water partition coefficient (Wildman–Crippen LogP) is 5.23. The summed E-state index contributed by atoms with van der Waals surface area (Å²) in [6, 6.07) is 0. The Balaban J connectivity index is 2.40. The van der Waals surface area contributed by atoms with Crippen LogP contribution in [0, 0.1) is 0 Å². The molecule has 0 spiro atoms. The third-order valence-electron chi connectivity index (χ3n) is 6.97. The second-order valence-electron chi connectivity index (χ2n) is 10.9. The van der Waals surface area contributed by atoms with Crippen LogP contribution in [0.1, 0.15) is 90.9 Å². The first kappa shape index (κ1) is 39.9. The third-order valence-corrected chi connectivity index (χ3v) is 6.97. The Morgan fingerprint density at radius 3 is 1.93 bits per heavy atom. The number of rotatable bonds is 25. The van der Waals surface area contributed by atoms with E-state index in [-0.39, 0.29) is 19.2 Å². The van der Waals surface area contributed by atoms with Crippen LogP contribution in [-0.4, -0.2) is 89.6 Å². The van der Waals surface area contributed by atoms with E-state index >= 15 is 0 Å². The lowest BCUT2D eigenvalue weighted by molar-refractivity contribution is -0.305. The maximum absolute atomic E-state index is 12.4. The molecule has 0 aromatic heterocycles. The number of unbranched alkanes of at least 4 members (excludes halogenated alkanes) is 4. The molecule has 0 radical (unpaired) electrons. The van der Waals surface area contributed by atoms with Gasteiger partial charge in [0, 0.05) is 6.42 Å². The van der Waals surface area contributed by atoms with Crippen molar-refractivity contribution < 1.29 is 44.2 Å². The molecule has 1 aliphatic heterocycles. The topological polar surface area (TPSA) is 135 Å². The van der Waals surface area contributed by atoms with E-state index in [2.05, 4.69) is 68.5 Å². The molecule has 0 aliphatic carbocycles. The van der Waals surface area contributed by atoms with Crippen LogP contribution in [0.4, 0.5) is 0 Å². The number of aliphatic hydroxyl groups is 4. The molecular formula is C35H58O9. The summed E-state index contributed by atoms with van der Waals surface area (Å²) in [5, 5.41) is 39.6. The molecule has 252 valence electrons. The number of allylic oxidation sites excluding steroid dienone is 9. The average molecular weight is 623 g/mol. The monoisotopic (exact) mass is 622 g/mol. The maximum atomic E-state index is 12.4. The minimum Gasteiger partial charge on any atom is -0.457 e. The van der Waals surface area contributed by atoms with Gasteiger partial charge < -0.3 is 39.4 Å². The molecule has 1 saturated heterocycles. The Bertz CT molecular complexity index is 849. The highest BCUT2D eigenvalue weighted by atomic mass is 16.7. The molecule has 44 heavy (non-hydrogen) atoms. The van der Waals surface area contributed by atoms with Gasteiger partial charge in [-0.15, -0.1) is 0 Å². The summed E-state index contributed by atoms with van der Waals surface area (Å²) in [4.78, 5) is 12.4. The molecule has 1 fully saturated rings. The number of aliphatic hydroxyl groups excluding tert-OH is 4. The standard InChI is InChI=1S/C35H58O9/c1-3-5-7-9-10-11-12-13-14-15-16-17-18-19-21-23-25-41-27-29(43-31(37)24-22-20-8-6-4-2)28-42-35-34(40)33(39)32(38)30(26-36)44-35/h5,7,10-11,13-14,16-17,19,21,29-30,32-36,38-40H,3-4,6,8-9,12,15,18,20,22-28H2,1-2H3/b7-5-,11-10-,14-13-,17-16-,21-19-. The van der Waals surface area contributed by atoms with E-state index in [4.69, 9.17) is 18.9 Å². The molecule has 0 amide bonds. The number of hydrogen-bond donors (Lipinski definition) is 4. The molecular weight excluding hydrogens is 564 g/mol. The van der Waals surface area contributed by atoms with E-state index in [9.17, 15) is 25.2 Å². The van der Waals surface area contributed by atoms with Crippen molar-refractivity contribution in [1.82, 2.24) is 0 Å². The van der Waals surface area contributed by atoms with Gasteiger partial charge in [-0.25, -0.2) is 0 Å². The highest BCUT2D eigenvalue weighted by Gasteiger charge is 2.44. The van der Waals surface area contributed by atoms with E-state index in [1.807, 2.05) is 6.08 Å². The average Bonchev–Trinajstić information content (AvgIpc) is 3.02. The Kier molecular flexibility index (Phi) is 24.7. The summed E-state index contributed by atoms with van der Waals surface area (Å²) < 4.78 is 22.3. The first-order valence-electron chi connectivity index (χ1n) is 16.4. The molecule has 0 bridgehead atoms. The highest BCUT2D eigenvalue weighted by molar-refractivity contribution is 5.69. The van der Waals surface area contributed by atoms with Gasteiger partial charge in [0.15, 0.2) is 6.29 Å². The van der Waals surface area contributed by atoms with E-state index in [0.717, 1.165) is 64.2 Å². The van der Waals surface area contributed by atoms with Gasteiger partial charge in [-0.1, -0.05) is 100 Å². The summed E-state index contributed by atoms with van der Waals surface area (Å²) in [6.07, 6.45) is 24.5. The van der Waals surface area contributed by atoms with Crippen molar-refractivity contribution >= 4 is 5.97 Å². The Morgan fingerprint density at radius 1 is 0.750 bits per heavy atom. The van der Waals surface area contributed by atoms with Gasteiger partial charge in [-0.3, -0.25) is 4.79 Å². The molecule has 1 heterocycles. The largest absolute Gasteiger partial charge is 0.457 e. The van der Waals surface area contributed by atoms with Crippen molar-refractivity contribution in [1.29, 1.82) is 0 Å². The lowest BCUT2D eigenvalue weighted by atomic mass is 9.99. The summed E-state index contributed by atoms with van der Waals surface area (Å²) in [6.45, 7) is 4.08. The molecule has 0 saturated carbocycles. The predicted molar refractivity (Wildman–Crippen MR) is 173 cm³/mol. The lowest BCUT2D eigenvalue weighted by Gasteiger charge is -2.39. The minimum atomic E-state index is -1.55. The lowest BCUT2D eigenvalue weighted by Crippen LogP contribution is -2.59. The van der Waals surface area contributed by atoms with Gasteiger partial charge >= 0.3 is 5.97 Å². The summed E-state index contributed by atoms with van der Waals surface area (Å²) in [7, 11) is 0. The zero-order valence-electron chi connectivity index (χ0n) is 26.9. The molecule has 1 aliphatic rings. The molecule has 6 atom stereocenters. The van der Waals surface area contributed by atoms with Crippen LogP contribution in [0.3, 0.4) is 0 Å². The number of esters is 1. The van der Waals surface area contributed by atoms with Crippen LogP contribution in [0.15, 0.2) is 60.8 Å². The Hall–Kier alpha value is -2.11. The van der Waals surface area contributed by atoms with Crippen molar-refractivity contribution in [2.45, 2.75) is 128 Å². The Morgan fingerprint density at radius 2 is 1.34 bits per heavy atom. The van der Waals surface area contributed by atoms with Gasteiger partial charge in [-0.05, 0) is 44.9 Å². The van der Waals surface area contributed by atoms with Crippen molar-refractivity contribution in [3.05, 3.63) is 60.8 Å². The van der Waals surface area contributed by atoms with Crippen LogP contribution in [0.2, 0.25) is 0 Å². The molecule has 0 aromatic rings. The van der Waals surface area contributed by atoms with Gasteiger partial charge in [0.05, 0.1) is 26.4 Å².